The van der Waals surface area contributed by atoms with Crippen molar-refractivity contribution in [2.24, 2.45) is 0 Å². The predicted octanol–water partition coefficient (Wildman–Crippen LogP) is 2.76. The molecule has 2 rings (SSSR count). The van der Waals surface area contributed by atoms with Gasteiger partial charge in [0.2, 0.25) is 0 Å². The zero-order valence-corrected chi connectivity index (χ0v) is 9.90. The number of hydrogen-bond acceptors (Lipinski definition) is 2. The topological polar surface area (TPSA) is 53.1 Å². The number of carbonyl (C=O) groups excluding carboxylic acids is 1. The predicted molar refractivity (Wildman–Crippen MR) is 69.0 cm³/mol. The average Bonchev–Trinajstić information content (AvgIpc) is 2.68. The summed E-state index contributed by atoms with van der Waals surface area (Å²) in [6.45, 7) is 3.42. The van der Waals surface area contributed by atoms with E-state index in [-0.39, 0.29) is 0 Å². The number of fused-ring (bicyclic) bond motifs is 1. The minimum Gasteiger partial charge on any atom is -0.386 e. The van der Waals surface area contributed by atoms with E-state index in [0.717, 1.165) is 22.8 Å². The molecule has 0 atom stereocenters. The molecule has 88 valence electrons. The maximum Gasteiger partial charge on any atom is 0.152 e. The summed E-state index contributed by atoms with van der Waals surface area (Å²) >= 11 is 0. The molecule has 2 aromatic rings. The summed E-state index contributed by atoms with van der Waals surface area (Å²) in [6.07, 6.45) is 6.08. The van der Waals surface area contributed by atoms with Crippen molar-refractivity contribution in [3.63, 3.8) is 0 Å². The van der Waals surface area contributed by atoms with Crippen LogP contribution in [0.2, 0.25) is 0 Å². The van der Waals surface area contributed by atoms with Crippen LogP contribution < -0.4 is 0 Å². The van der Waals surface area contributed by atoms with E-state index >= 15 is 0 Å². The highest BCUT2D eigenvalue weighted by Crippen LogP contribution is 2.23. The van der Waals surface area contributed by atoms with Crippen LogP contribution in [0.4, 0.5) is 0 Å². The van der Waals surface area contributed by atoms with Gasteiger partial charge in [-0.2, -0.15) is 0 Å². The van der Waals surface area contributed by atoms with Gasteiger partial charge in [-0.1, -0.05) is 24.3 Å². The molecule has 0 spiro atoms. The lowest BCUT2D eigenvalue weighted by Crippen LogP contribution is -2.13. The van der Waals surface area contributed by atoms with Crippen molar-refractivity contribution in [2.45, 2.75) is 19.4 Å². The van der Waals surface area contributed by atoms with Crippen molar-refractivity contribution in [3.8, 4) is 0 Å². The first-order valence-electron chi connectivity index (χ1n) is 5.48. The van der Waals surface area contributed by atoms with Gasteiger partial charge >= 0.3 is 0 Å². The monoisotopic (exact) mass is 229 g/mol. The van der Waals surface area contributed by atoms with Gasteiger partial charge in [0.15, 0.2) is 6.29 Å². The second kappa shape index (κ2) is 4.18. The lowest BCUT2D eigenvalue weighted by atomic mass is 10.0. The van der Waals surface area contributed by atoms with Crippen molar-refractivity contribution in [1.29, 1.82) is 0 Å². The maximum atomic E-state index is 10.9. The Morgan fingerprint density at radius 3 is 2.71 bits per heavy atom. The molecule has 1 heterocycles. The Hall–Kier alpha value is -1.87. The van der Waals surface area contributed by atoms with E-state index in [0.29, 0.717) is 5.56 Å². The summed E-state index contributed by atoms with van der Waals surface area (Å²) in [6, 6.07) is 5.76. The van der Waals surface area contributed by atoms with Crippen molar-refractivity contribution in [1.82, 2.24) is 4.98 Å². The fourth-order valence-electron chi connectivity index (χ4n) is 1.77. The smallest absolute Gasteiger partial charge is 0.152 e. The van der Waals surface area contributed by atoms with Gasteiger partial charge in [-0.15, -0.1) is 0 Å². The zero-order chi connectivity index (χ0) is 12.5. The summed E-state index contributed by atoms with van der Waals surface area (Å²) in [5, 5.41) is 10.6. The fourth-order valence-corrected chi connectivity index (χ4v) is 1.77. The van der Waals surface area contributed by atoms with E-state index in [4.69, 9.17) is 0 Å². The minimum absolute atomic E-state index is 0.635. The van der Waals surface area contributed by atoms with Gasteiger partial charge in [0, 0.05) is 22.7 Å². The van der Waals surface area contributed by atoms with E-state index in [9.17, 15) is 9.90 Å². The summed E-state index contributed by atoms with van der Waals surface area (Å²) in [7, 11) is 0. The van der Waals surface area contributed by atoms with Gasteiger partial charge in [0.05, 0.1) is 5.60 Å². The first kappa shape index (κ1) is 11.6. The molecule has 0 aliphatic heterocycles. The SMILES string of the molecule is CC(C)(O)/C=C/c1cccc2[nH]cc(C=O)c12. The van der Waals surface area contributed by atoms with Gasteiger partial charge in [-0.05, 0) is 25.5 Å². The van der Waals surface area contributed by atoms with Crippen LogP contribution in [0.5, 0.6) is 0 Å². The van der Waals surface area contributed by atoms with Crippen LogP contribution in [0.1, 0.15) is 29.8 Å². The van der Waals surface area contributed by atoms with E-state index in [1.807, 2.05) is 24.3 Å². The van der Waals surface area contributed by atoms with Gasteiger partial charge in [-0.3, -0.25) is 4.79 Å². The number of H-pyrrole nitrogens is 1. The number of aliphatic hydroxyl groups is 1. The standard InChI is InChI=1S/C14H15NO2/c1-14(2,17)7-6-10-4-3-5-12-13(10)11(9-16)8-15-12/h3-9,15,17H,1-2H3/b7-6+. The minimum atomic E-state index is -0.861. The van der Waals surface area contributed by atoms with Crippen molar-refractivity contribution in [3.05, 3.63) is 41.6 Å². The number of aromatic nitrogens is 1. The highest BCUT2D eigenvalue weighted by molar-refractivity contribution is 6.01. The molecule has 3 nitrogen and oxygen atoms in total. The van der Waals surface area contributed by atoms with Crippen LogP contribution >= 0.6 is 0 Å². The Morgan fingerprint density at radius 1 is 1.29 bits per heavy atom. The Morgan fingerprint density at radius 2 is 2.06 bits per heavy atom. The molecular formula is C14H15NO2. The normalized spacial score (nSPS) is 12.4. The molecule has 0 bridgehead atoms. The van der Waals surface area contributed by atoms with Crippen molar-refractivity contribution < 1.29 is 9.90 Å². The van der Waals surface area contributed by atoms with Gasteiger partial charge < -0.3 is 10.1 Å². The third kappa shape index (κ3) is 2.45. The molecule has 1 aromatic carbocycles. The van der Waals surface area contributed by atoms with Crippen LogP contribution in [-0.2, 0) is 0 Å². The maximum absolute atomic E-state index is 10.9. The van der Waals surface area contributed by atoms with Crippen LogP contribution in [0.15, 0.2) is 30.5 Å². The van der Waals surface area contributed by atoms with Crippen LogP contribution in [-0.4, -0.2) is 22.0 Å². The molecule has 0 unspecified atom stereocenters. The highest BCUT2D eigenvalue weighted by Gasteiger charge is 2.09. The fraction of sp³-hybridized carbons (Fsp3) is 0.214. The largest absolute Gasteiger partial charge is 0.386 e. The Bertz CT molecular complexity index is 573. The van der Waals surface area contributed by atoms with E-state index < -0.39 is 5.60 Å². The Kier molecular flexibility index (Phi) is 2.86. The molecule has 0 radical (unpaired) electrons. The Balaban J connectivity index is 2.57. The van der Waals surface area contributed by atoms with Gasteiger partial charge in [0.1, 0.15) is 0 Å². The first-order chi connectivity index (χ1) is 8.01. The lowest BCUT2D eigenvalue weighted by Gasteiger charge is -2.10. The molecule has 0 saturated heterocycles. The number of hydrogen-bond donors (Lipinski definition) is 2. The van der Waals surface area contributed by atoms with Crippen LogP contribution in [0, 0.1) is 0 Å². The zero-order valence-electron chi connectivity index (χ0n) is 9.90. The van der Waals surface area contributed by atoms with Crippen molar-refractivity contribution in [2.75, 3.05) is 0 Å². The molecule has 2 N–H and O–H groups in total. The molecule has 0 aliphatic rings. The molecule has 17 heavy (non-hydrogen) atoms. The van der Waals surface area contributed by atoms with E-state index in [1.165, 1.54) is 0 Å². The lowest BCUT2D eigenvalue weighted by molar-refractivity contribution is 0.112. The Labute approximate surface area is 99.8 Å². The summed E-state index contributed by atoms with van der Waals surface area (Å²) < 4.78 is 0. The molecule has 3 heteroatoms. The van der Waals surface area contributed by atoms with Crippen molar-refractivity contribution >= 4 is 23.3 Å². The molecule has 1 aromatic heterocycles. The number of carbonyl (C=O) groups is 1. The van der Waals surface area contributed by atoms with Crippen LogP contribution in [0.3, 0.4) is 0 Å². The number of aromatic amines is 1. The quantitative estimate of drug-likeness (QED) is 0.795. The summed E-state index contributed by atoms with van der Waals surface area (Å²) in [4.78, 5) is 14.0. The third-order valence-electron chi connectivity index (χ3n) is 2.57. The molecule has 0 aliphatic carbocycles. The highest BCUT2D eigenvalue weighted by atomic mass is 16.3. The number of rotatable bonds is 3. The number of aldehydes is 1. The van der Waals surface area contributed by atoms with Gasteiger partial charge in [0.25, 0.3) is 0 Å². The number of nitrogens with one attached hydrogen (secondary N) is 1. The second-order valence-corrected chi connectivity index (χ2v) is 4.62. The molecule has 0 amide bonds. The second-order valence-electron chi connectivity index (χ2n) is 4.62. The van der Waals surface area contributed by atoms with Gasteiger partial charge in [-0.25, -0.2) is 0 Å². The molecular weight excluding hydrogens is 214 g/mol. The van der Waals surface area contributed by atoms with Crippen LogP contribution in [0.25, 0.3) is 17.0 Å². The average molecular weight is 229 g/mol. The molecule has 0 fully saturated rings. The molecule has 0 saturated carbocycles. The first-order valence-corrected chi connectivity index (χ1v) is 5.48. The van der Waals surface area contributed by atoms with E-state index in [1.54, 1.807) is 26.1 Å². The van der Waals surface area contributed by atoms with E-state index in [2.05, 4.69) is 4.98 Å². The third-order valence-corrected chi connectivity index (χ3v) is 2.57. The summed E-state index contributed by atoms with van der Waals surface area (Å²) in [5.41, 5.74) is 1.62. The number of benzene rings is 1. The summed E-state index contributed by atoms with van der Waals surface area (Å²) in [5.74, 6) is 0.